The highest BCUT2D eigenvalue weighted by molar-refractivity contribution is 5.72. The molecular formula is C12H21NO2. The summed E-state index contributed by atoms with van der Waals surface area (Å²) < 4.78 is 0. The molecule has 0 radical (unpaired) electrons. The van der Waals surface area contributed by atoms with Gasteiger partial charge in [-0.2, -0.15) is 0 Å². The molecule has 0 aromatic rings. The molecule has 1 atom stereocenters. The fraction of sp³-hybridized carbons (Fsp3) is 0.917. The summed E-state index contributed by atoms with van der Waals surface area (Å²) in [6, 6.07) is 0.0603. The van der Waals surface area contributed by atoms with Crippen molar-refractivity contribution < 1.29 is 9.90 Å². The van der Waals surface area contributed by atoms with Gasteiger partial charge in [0.2, 0.25) is 0 Å². The summed E-state index contributed by atoms with van der Waals surface area (Å²) >= 11 is 0. The van der Waals surface area contributed by atoms with E-state index in [1.165, 1.54) is 44.9 Å². The highest BCUT2D eigenvalue weighted by Crippen LogP contribution is 2.51. The van der Waals surface area contributed by atoms with E-state index in [-0.39, 0.29) is 0 Å². The van der Waals surface area contributed by atoms with Gasteiger partial charge in [0.05, 0.1) is 0 Å². The molecular weight excluding hydrogens is 190 g/mol. The van der Waals surface area contributed by atoms with Crippen LogP contribution in [-0.2, 0) is 4.79 Å². The minimum absolute atomic E-state index is 0.393. The van der Waals surface area contributed by atoms with Crippen molar-refractivity contribution in [3.05, 3.63) is 0 Å². The molecule has 3 nitrogen and oxygen atoms in total. The summed E-state index contributed by atoms with van der Waals surface area (Å²) in [7, 11) is 0. The molecule has 2 rings (SSSR count). The van der Waals surface area contributed by atoms with Crippen molar-refractivity contribution >= 4 is 5.97 Å². The lowest BCUT2D eigenvalue weighted by molar-refractivity contribution is -0.139. The zero-order chi connectivity index (χ0) is 10.9. The number of carbonyl (C=O) groups is 1. The molecule has 0 aromatic heterocycles. The molecule has 86 valence electrons. The molecule has 2 saturated carbocycles. The molecule has 0 heterocycles. The maximum Gasteiger partial charge on any atom is 0.320 e. The number of carboxylic acids is 1. The van der Waals surface area contributed by atoms with Crippen LogP contribution < -0.4 is 5.32 Å². The molecule has 2 aliphatic rings. The van der Waals surface area contributed by atoms with E-state index in [1.54, 1.807) is 6.92 Å². The lowest BCUT2D eigenvalue weighted by atomic mass is 9.58. The number of carboxylic acid groups (broad SMARTS) is 1. The SMILES string of the molecule is C[C@@H](NC1CC2(CCCCC2)C1)C(=O)O. The van der Waals surface area contributed by atoms with Crippen molar-refractivity contribution in [1.29, 1.82) is 0 Å². The molecule has 0 aliphatic heterocycles. The third-order valence-corrected chi connectivity index (χ3v) is 4.13. The molecule has 0 amide bonds. The van der Waals surface area contributed by atoms with Gasteiger partial charge in [0.15, 0.2) is 0 Å². The van der Waals surface area contributed by atoms with Gasteiger partial charge in [-0.25, -0.2) is 0 Å². The Morgan fingerprint density at radius 2 is 1.93 bits per heavy atom. The van der Waals surface area contributed by atoms with Crippen LogP contribution in [0.1, 0.15) is 51.9 Å². The van der Waals surface area contributed by atoms with Crippen molar-refractivity contribution in [2.24, 2.45) is 5.41 Å². The lowest BCUT2D eigenvalue weighted by Crippen LogP contribution is -2.53. The van der Waals surface area contributed by atoms with Crippen molar-refractivity contribution in [2.75, 3.05) is 0 Å². The summed E-state index contributed by atoms with van der Waals surface area (Å²) in [5.41, 5.74) is 0.591. The van der Waals surface area contributed by atoms with Crippen LogP contribution in [-0.4, -0.2) is 23.2 Å². The van der Waals surface area contributed by atoms with Gasteiger partial charge in [-0.3, -0.25) is 4.79 Å². The highest BCUT2D eigenvalue weighted by Gasteiger charge is 2.44. The summed E-state index contributed by atoms with van der Waals surface area (Å²) in [6.07, 6.45) is 9.28. The van der Waals surface area contributed by atoms with Crippen molar-refractivity contribution in [3.8, 4) is 0 Å². The summed E-state index contributed by atoms with van der Waals surface area (Å²) in [4.78, 5) is 10.7. The summed E-state index contributed by atoms with van der Waals surface area (Å²) in [5.74, 6) is -0.736. The van der Waals surface area contributed by atoms with E-state index in [0.717, 1.165) is 0 Å². The minimum atomic E-state index is -0.736. The topological polar surface area (TPSA) is 49.3 Å². The van der Waals surface area contributed by atoms with E-state index >= 15 is 0 Å². The van der Waals surface area contributed by atoms with E-state index in [4.69, 9.17) is 5.11 Å². The second kappa shape index (κ2) is 4.12. The molecule has 0 unspecified atom stereocenters. The van der Waals surface area contributed by atoms with Crippen LogP contribution in [0.2, 0.25) is 0 Å². The maximum absolute atomic E-state index is 10.7. The fourth-order valence-corrected chi connectivity index (χ4v) is 3.24. The van der Waals surface area contributed by atoms with Crippen LogP contribution in [0.25, 0.3) is 0 Å². The van der Waals surface area contributed by atoms with Crippen LogP contribution in [0.5, 0.6) is 0 Å². The first kappa shape index (κ1) is 10.9. The number of aliphatic carboxylic acids is 1. The first-order valence-corrected chi connectivity index (χ1v) is 6.10. The Kier molecular flexibility index (Phi) is 3.01. The second-order valence-electron chi connectivity index (χ2n) is 5.39. The molecule has 2 N–H and O–H groups in total. The van der Waals surface area contributed by atoms with Crippen molar-refractivity contribution in [3.63, 3.8) is 0 Å². The van der Waals surface area contributed by atoms with Gasteiger partial charge >= 0.3 is 5.97 Å². The predicted octanol–water partition coefficient (Wildman–Crippen LogP) is 2.16. The van der Waals surface area contributed by atoms with E-state index in [1.807, 2.05) is 0 Å². The monoisotopic (exact) mass is 211 g/mol. The van der Waals surface area contributed by atoms with Crippen molar-refractivity contribution in [2.45, 2.75) is 64.0 Å². The molecule has 2 fully saturated rings. The Morgan fingerprint density at radius 1 is 1.33 bits per heavy atom. The molecule has 3 heteroatoms. The van der Waals surface area contributed by atoms with E-state index in [0.29, 0.717) is 11.5 Å². The largest absolute Gasteiger partial charge is 0.480 e. The Labute approximate surface area is 91.2 Å². The molecule has 0 aromatic carbocycles. The average molecular weight is 211 g/mol. The molecule has 0 bridgehead atoms. The zero-order valence-corrected chi connectivity index (χ0v) is 9.46. The summed E-state index contributed by atoms with van der Waals surface area (Å²) in [6.45, 7) is 1.73. The maximum atomic E-state index is 10.7. The van der Waals surface area contributed by atoms with E-state index in [9.17, 15) is 4.79 Å². The average Bonchev–Trinajstić information content (AvgIpc) is 2.16. The Balaban J connectivity index is 1.75. The van der Waals surface area contributed by atoms with Gasteiger partial charge in [0.1, 0.15) is 6.04 Å². The quantitative estimate of drug-likeness (QED) is 0.752. The van der Waals surface area contributed by atoms with Crippen molar-refractivity contribution in [1.82, 2.24) is 5.32 Å². The van der Waals surface area contributed by atoms with Crippen LogP contribution in [0.15, 0.2) is 0 Å². The fourth-order valence-electron chi connectivity index (χ4n) is 3.24. The standard InChI is InChI=1S/C12H21NO2/c1-9(11(14)15)13-10-7-12(8-10)5-3-2-4-6-12/h9-10,13H,2-8H2,1H3,(H,14,15)/t9-/m1/s1. The first-order chi connectivity index (χ1) is 7.11. The van der Waals surface area contributed by atoms with Gasteiger partial charge < -0.3 is 10.4 Å². The zero-order valence-electron chi connectivity index (χ0n) is 9.46. The number of hydrogen-bond acceptors (Lipinski definition) is 2. The van der Waals surface area contributed by atoms with Crippen LogP contribution >= 0.6 is 0 Å². The highest BCUT2D eigenvalue weighted by atomic mass is 16.4. The van der Waals surface area contributed by atoms with Gasteiger partial charge in [0, 0.05) is 6.04 Å². The molecule has 2 aliphatic carbocycles. The lowest BCUT2D eigenvalue weighted by Gasteiger charge is -2.51. The van der Waals surface area contributed by atoms with Gasteiger partial charge in [-0.05, 0) is 38.0 Å². The number of nitrogens with one attached hydrogen (secondary N) is 1. The normalized spacial score (nSPS) is 27.3. The van der Waals surface area contributed by atoms with Gasteiger partial charge in [-0.1, -0.05) is 19.3 Å². The Morgan fingerprint density at radius 3 is 2.47 bits per heavy atom. The minimum Gasteiger partial charge on any atom is -0.480 e. The molecule has 15 heavy (non-hydrogen) atoms. The third-order valence-electron chi connectivity index (χ3n) is 4.13. The van der Waals surface area contributed by atoms with Crippen LogP contribution in [0.4, 0.5) is 0 Å². The van der Waals surface area contributed by atoms with E-state index < -0.39 is 12.0 Å². The summed E-state index contributed by atoms with van der Waals surface area (Å²) in [5, 5.41) is 12.0. The first-order valence-electron chi connectivity index (χ1n) is 6.10. The van der Waals surface area contributed by atoms with Crippen LogP contribution in [0, 0.1) is 5.41 Å². The third kappa shape index (κ3) is 2.33. The molecule has 0 saturated heterocycles. The van der Waals surface area contributed by atoms with Gasteiger partial charge in [-0.15, -0.1) is 0 Å². The Bertz CT molecular complexity index is 238. The number of rotatable bonds is 3. The molecule has 1 spiro atoms. The van der Waals surface area contributed by atoms with E-state index in [2.05, 4.69) is 5.32 Å². The van der Waals surface area contributed by atoms with Gasteiger partial charge in [0.25, 0.3) is 0 Å². The Hall–Kier alpha value is -0.570. The predicted molar refractivity (Wildman–Crippen MR) is 58.8 cm³/mol. The van der Waals surface area contributed by atoms with Crippen LogP contribution in [0.3, 0.4) is 0 Å². The smallest absolute Gasteiger partial charge is 0.320 e. The number of hydrogen-bond donors (Lipinski definition) is 2. The second-order valence-corrected chi connectivity index (χ2v) is 5.39.